The lowest BCUT2D eigenvalue weighted by Gasteiger charge is -2.27. The van der Waals surface area contributed by atoms with Crippen LogP contribution in [0.2, 0.25) is 0 Å². The van der Waals surface area contributed by atoms with Crippen molar-refractivity contribution in [3.63, 3.8) is 0 Å². The highest BCUT2D eigenvalue weighted by Gasteiger charge is 2.21. The van der Waals surface area contributed by atoms with Gasteiger partial charge in [0.1, 0.15) is 5.75 Å². The van der Waals surface area contributed by atoms with Crippen LogP contribution >= 0.6 is 0 Å². The van der Waals surface area contributed by atoms with Crippen LogP contribution in [-0.4, -0.2) is 6.10 Å². The predicted molar refractivity (Wildman–Crippen MR) is 48.1 cm³/mol. The molecule has 2 heteroatoms. The molecule has 1 aromatic rings. The van der Waals surface area contributed by atoms with E-state index in [1.807, 2.05) is 24.3 Å². The van der Waals surface area contributed by atoms with Gasteiger partial charge in [-0.1, -0.05) is 18.2 Å². The molecule has 1 heterocycles. The highest BCUT2D eigenvalue weighted by atomic mass is 16.5. The topological polar surface area (TPSA) is 35.2 Å². The summed E-state index contributed by atoms with van der Waals surface area (Å²) in [6.45, 7) is 2.05. The molecule has 0 aromatic heterocycles. The molecule has 12 heavy (non-hydrogen) atoms. The molecular formula is C10H13NO. The zero-order chi connectivity index (χ0) is 8.55. The molecule has 0 saturated carbocycles. The summed E-state index contributed by atoms with van der Waals surface area (Å²) in [6, 6.07) is 8.13. The van der Waals surface area contributed by atoms with Crippen LogP contribution in [0.25, 0.3) is 0 Å². The number of ether oxygens (including phenoxy) is 1. The quantitative estimate of drug-likeness (QED) is 0.633. The van der Waals surface area contributed by atoms with Gasteiger partial charge >= 0.3 is 0 Å². The molecule has 2 atom stereocenters. The Morgan fingerprint density at radius 2 is 2.17 bits per heavy atom. The van der Waals surface area contributed by atoms with Gasteiger partial charge in [-0.3, -0.25) is 0 Å². The van der Waals surface area contributed by atoms with E-state index in [9.17, 15) is 0 Å². The average molecular weight is 163 g/mol. The van der Waals surface area contributed by atoms with Crippen LogP contribution in [0.4, 0.5) is 0 Å². The molecule has 2 rings (SSSR count). The summed E-state index contributed by atoms with van der Waals surface area (Å²) >= 11 is 0. The standard InChI is InChI=1S/C10H13NO/c1-7-6-9(11)8-4-2-3-5-10(8)12-7/h2-5,7,9H,6,11H2,1H3/t7?,9-/m1/s1. The molecule has 1 aliphatic heterocycles. The van der Waals surface area contributed by atoms with Gasteiger partial charge in [-0.25, -0.2) is 0 Å². The molecule has 1 unspecified atom stereocenters. The van der Waals surface area contributed by atoms with E-state index >= 15 is 0 Å². The van der Waals surface area contributed by atoms with Crippen LogP contribution in [0, 0.1) is 0 Å². The molecule has 0 aliphatic carbocycles. The summed E-state index contributed by atoms with van der Waals surface area (Å²) in [5.41, 5.74) is 7.09. The number of fused-ring (bicyclic) bond motifs is 1. The smallest absolute Gasteiger partial charge is 0.124 e. The van der Waals surface area contributed by atoms with Crippen molar-refractivity contribution < 1.29 is 4.74 Å². The molecule has 1 aromatic carbocycles. The van der Waals surface area contributed by atoms with E-state index in [1.54, 1.807) is 0 Å². The Labute approximate surface area is 72.3 Å². The van der Waals surface area contributed by atoms with Gasteiger partial charge in [-0.2, -0.15) is 0 Å². The number of para-hydroxylation sites is 1. The van der Waals surface area contributed by atoms with Crippen LogP contribution in [0.15, 0.2) is 24.3 Å². The molecule has 64 valence electrons. The van der Waals surface area contributed by atoms with Gasteiger partial charge in [-0.05, 0) is 13.0 Å². The van der Waals surface area contributed by atoms with Gasteiger partial charge in [-0.15, -0.1) is 0 Å². The van der Waals surface area contributed by atoms with Crippen molar-refractivity contribution >= 4 is 0 Å². The summed E-state index contributed by atoms with van der Waals surface area (Å²) < 4.78 is 5.62. The lowest BCUT2D eigenvalue weighted by Crippen LogP contribution is -2.26. The second-order valence-corrected chi connectivity index (χ2v) is 3.31. The second-order valence-electron chi connectivity index (χ2n) is 3.31. The van der Waals surface area contributed by atoms with Crippen molar-refractivity contribution in [2.45, 2.75) is 25.5 Å². The largest absolute Gasteiger partial charge is 0.490 e. The maximum atomic E-state index is 5.96. The van der Waals surface area contributed by atoms with Gasteiger partial charge < -0.3 is 10.5 Å². The van der Waals surface area contributed by atoms with E-state index < -0.39 is 0 Å². The summed E-state index contributed by atoms with van der Waals surface area (Å²) in [4.78, 5) is 0. The first kappa shape index (κ1) is 7.62. The Hall–Kier alpha value is -1.02. The van der Waals surface area contributed by atoms with Crippen molar-refractivity contribution in [3.05, 3.63) is 29.8 Å². The predicted octanol–water partition coefficient (Wildman–Crippen LogP) is 1.86. The molecule has 0 amide bonds. The average Bonchev–Trinajstić information content (AvgIpc) is 2.04. The SMILES string of the molecule is CC1C[C@@H](N)c2ccccc2O1. The number of nitrogens with two attached hydrogens (primary N) is 1. The number of rotatable bonds is 0. The third-order valence-corrected chi connectivity index (χ3v) is 2.23. The Morgan fingerprint density at radius 3 is 3.00 bits per heavy atom. The van der Waals surface area contributed by atoms with E-state index in [0.717, 1.165) is 17.7 Å². The summed E-state index contributed by atoms with van der Waals surface area (Å²) in [5, 5.41) is 0. The number of hydrogen-bond donors (Lipinski definition) is 1. The lowest BCUT2D eigenvalue weighted by molar-refractivity contribution is 0.177. The van der Waals surface area contributed by atoms with Crippen LogP contribution in [0.3, 0.4) is 0 Å². The van der Waals surface area contributed by atoms with Crippen molar-refractivity contribution in [1.29, 1.82) is 0 Å². The molecule has 1 aliphatic rings. The molecule has 0 fully saturated rings. The number of hydrogen-bond acceptors (Lipinski definition) is 2. The fourth-order valence-electron chi connectivity index (χ4n) is 1.64. The van der Waals surface area contributed by atoms with E-state index in [1.165, 1.54) is 0 Å². The zero-order valence-corrected chi connectivity index (χ0v) is 7.16. The maximum Gasteiger partial charge on any atom is 0.124 e. The second kappa shape index (κ2) is 2.79. The van der Waals surface area contributed by atoms with Gasteiger partial charge in [0.05, 0.1) is 6.10 Å². The highest BCUT2D eigenvalue weighted by molar-refractivity contribution is 5.37. The minimum atomic E-state index is 0.143. The molecular weight excluding hydrogens is 150 g/mol. The Bertz CT molecular complexity index is 285. The van der Waals surface area contributed by atoms with Crippen LogP contribution in [-0.2, 0) is 0 Å². The van der Waals surface area contributed by atoms with E-state index in [0.29, 0.717) is 0 Å². The molecule has 0 saturated heterocycles. The van der Waals surface area contributed by atoms with E-state index in [2.05, 4.69) is 6.92 Å². The Kier molecular flexibility index (Phi) is 1.77. The minimum absolute atomic E-state index is 0.143. The van der Waals surface area contributed by atoms with Gasteiger partial charge in [0.25, 0.3) is 0 Å². The van der Waals surface area contributed by atoms with Crippen molar-refractivity contribution in [2.24, 2.45) is 5.73 Å². The fourth-order valence-corrected chi connectivity index (χ4v) is 1.64. The fraction of sp³-hybridized carbons (Fsp3) is 0.400. The number of benzene rings is 1. The monoisotopic (exact) mass is 163 g/mol. The molecule has 2 N–H and O–H groups in total. The van der Waals surface area contributed by atoms with Crippen molar-refractivity contribution in [2.75, 3.05) is 0 Å². The molecule has 0 bridgehead atoms. The maximum absolute atomic E-state index is 5.96. The van der Waals surface area contributed by atoms with Gasteiger partial charge in [0, 0.05) is 18.0 Å². The first-order valence-electron chi connectivity index (χ1n) is 4.28. The first-order valence-corrected chi connectivity index (χ1v) is 4.28. The Balaban J connectivity index is 2.40. The Morgan fingerprint density at radius 1 is 1.42 bits per heavy atom. The first-order chi connectivity index (χ1) is 5.77. The van der Waals surface area contributed by atoms with Gasteiger partial charge in [0.15, 0.2) is 0 Å². The zero-order valence-electron chi connectivity index (χ0n) is 7.16. The molecule has 0 spiro atoms. The molecule has 0 radical (unpaired) electrons. The van der Waals surface area contributed by atoms with Crippen LogP contribution in [0.5, 0.6) is 5.75 Å². The highest BCUT2D eigenvalue weighted by Crippen LogP contribution is 2.32. The third kappa shape index (κ3) is 1.18. The normalized spacial score (nSPS) is 27.5. The third-order valence-electron chi connectivity index (χ3n) is 2.23. The van der Waals surface area contributed by atoms with Crippen LogP contribution < -0.4 is 10.5 Å². The summed E-state index contributed by atoms with van der Waals surface area (Å²) in [7, 11) is 0. The lowest BCUT2D eigenvalue weighted by atomic mass is 9.98. The van der Waals surface area contributed by atoms with Crippen LogP contribution in [0.1, 0.15) is 24.9 Å². The van der Waals surface area contributed by atoms with Crippen molar-refractivity contribution in [3.8, 4) is 5.75 Å². The van der Waals surface area contributed by atoms with Crippen molar-refractivity contribution in [1.82, 2.24) is 0 Å². The summed E-state index contributed by atoms with van der Waals surface area (Å²) in [5.74, 6) is 0.948. The minimum Gasteiger partial charge on any atom is -0.490 e. The summed E-state index contributed by atoms with van der Waals surface area (Å²) in [6.07, 6.45) is 1.16. The molecule has 2 nitrogen and oxygen atoms in total. The van der Waals surface area contributed by atoms with E-state index in [-0.39, 0.29) is 12.1 Å². The van der Waals surface area contributed by atoms with E-state index in [4.69, 9.17) is 10.5 Å². The van der Waals surface area contributed by atoms with Gasteiger partial charge in [0.2, 0.25) is 0 Å².